The molecule has 0 radical (unpaired) electrons. The predicted molar refractivity (Wildman–Crippen MR) is 89.1 cm³/mol. The minimum absolute atomic E-state index is 0.260. The van der Waals surface area contributed by atoms with Crippen LogP contribution >= 0.6 is 15.9 Å². The van der Waals surface area contributed by atoms with Crippen molar-refractivity contribution in [1.82, 2.24) is 0 Å². The van der Waals surface area contributed by atoms with Crippen molar-refractivity contribution in [2.75, 3.05) is 18.0 Å². The molecule has 1 heterocycles. The highest BCUT2D eigenvalue weighted by Crippen LogP contribution is 2.35. The maximum atomic E-state index is 9.95. The van der Waals surface area contributed by atoms with Crippen molar-refractivity contribution in [2.45, 2.75) is 40.2 Å². The second kappa shape index (κ2) is 5.90. The van der Waals surface area contributed by atoms with Crippen molar-refractivity contribution in [2.24, 2.45) is 5.41 Å². The molecule has 110 valence electrons. The lowest BCUT2D eigenvalue weighted by atomic mass is 9.83. The lowest BCUT2D eigenvalue weighted by Crippen LogP contribution is -2.32. The average Bonchev–Trinajstić information content (AvgIpc) is 2.37. The second-order valence-electron chi connectivity index (χ2n) is 6.55. The topological polar surface area (TPSA) is 23.5 Å². The van der Waals surface area contributed by atoms with E-state index in [0.717, 1.165) is 35.2 Å². The first-order chi connectivity index (χ1) is 9.29. The molecule has 0 aromatic heterocycles. The van der Waals surface area contributed by atoms with Crippen molar-refractivity contribution < 1.29 is 5.11 Å². The molecule has 1 aliphatic rings. The summed E-state index contributed by atoms with van der Waals surface area (Å²) in [6.07, 6.45) is 3.00. The van der Waals surface area contributed by atoms with Gasteiger partial charge in [0.1, 0.15) is 0 Å². The van der Waals surface area contributed by atoms with Crippen LogP contribution in [0.4, 0.5) is 5.69 Å². The Morgan fingerprint density at radius 2 is 2.00 bits per heavy atom. The molecule has 3 heteroatoms. The van der Waals surface area contributed by atoms with Crippen LogP contribution < -0.4 is 4.90 Å². The first-order valence-electron chi connectivity index (χ1n) is 7.21. The monoisotopic (exact) mass is 337 g/mol. The minimum Gasteiger partial charge on any atom is -0.389 e. The third-order valence-electron chi connectivity index (χ3n) is 3.96. The summed E-state index contributed by atoms with van der Waals surface area (Å²) in [6.45, 7) is 10.6. The van der Waals surface area contributed by atoms with Gasteiger partial charge in [0.2, 0.25) is 0 Å². The SMILES string of the molecule is CC(O)c1ccc(Br)cc1N1CC=C(C(C)(C)C)CC1. The number of nitrogens with zero attached hydrogens (tertiary/aromatic N) is 1. The van der Waals surface area contributed by atoms with E-state index in [1.54, 1.807) is 0 Å². The molecule has 1 atom stereocenters. The highest BCUT2D eigenvalue weighted by Gasteiger charge is 2.23. The Labute approximate surface area is 130 Å². The van der Waals surface area contributed by atoms with E-state index in [9.17, 15) is 5.11 Å². The molecule has 2 rings (SSSR count). The molecule has 1 unspecified atom stereocenters. The summed E-state index contributed by atoms with van der Waals surface area (Å²) in [5.41, 5.74) is 3.93. The summed E-state index contributed by atoms with van der Waals surface area (Å²) in [7, 11) is 0. The number of benzene rings is 1. The number of aliphatic hydroxyl groups excluding tert-OH is 1. The smallest absolute Gasteiger partial charge is 0.0782 e. The Bertz CT molecular complexity index is 514. The van der Waals surface area contributed by atoms with E-state index in [1.807, 2.05) is 19.1 Å². The van der Waals surface area contributed by atoms with Crippen LogP contribution in [0.2, 0.25) is 0 Å². The van der Waals surface area contributed by atoms with E-state index in [4.69, 9.17) is 0 Å². The van der Waals surface area contributed by atoms with Gasteiger partial charge in [0.05, 0.1) is 6.10 Å². The number of hydrogen-bond donors (Lipinski definition) is 1. The van der Waals surface area contributed by atoms with Crippen LogP contribution in [0.5, 0.6) is 0 Å². The number of halogens is 1. The van der Waals surface area contributed by atoms with Crippen LogP contribution in [0.25, 0.3) is 0 Å². The zero-order chi connectivity index (χ0) is 14.9. The van der Waals surface area contributed by atoms with Crippen LogP contribution in [-0.4, -0.2) is 18.2 Å². The first kappa shape index (κ1) is 15.6. The number of hydrogen-bond acceptors (Lipinski definition) is 2. The summed E-state index contributed by atoms with van der Waals surface area (Å²) < 4.78 is 1.06. The van der Waals surface area contributed by atoms with Gasteiger partial charge in [0.25, 0.3) is 0 Å². The van der Waals surface area contributed by atoms with Crippen molar-refractivity contribution in [1.29, 1.82) is 0 Å². The first-order valence-corrected chi connectivity index (χ1v) is 8.00. The summed E-state index contributed by atoms with van der Waals surface area (Å²) in [6, 6.07) is 6.11. The Kier molecular flexibility index (Phi) is 4.60. The standard InChI is InChI=1S/C17H24BrNO/c1-12(20)15-6-5-14(18)11-16(15)19-9-7-13(8-10-19)17(2,3)4/h5-7,11-12,20H,8-10H2,1-4H3. The molecule has 1 N–H and O–H groups in total. The normalized spacial score (nSPS) is 17.9. The largest absolute Gasteiger partial charge is 0.389 e. The van der Waals surface area contributed by atoms with E-state index in [0.29, 0.717) is 0 Å². The van der Waals surface area contributed by atoms with Crippen molar-refractivity contribution >= 4 is 21.6 Å². The Morgan fingerprint density at radius 1 is 1.30 bits per heavy atom. The Balaban J connectivity index is 2.27. The molecule has 20 heavy (non-hydrogen) atoms. The molecule has 0 spiro atoms. The number of rotatable bonds is 2. The van der Waals surface area contributed by atoms with Crippen LogP contribution in [0.3, 0.4) is 0 Å². The lowest BCUT2D eigenvalue weighted by molar-refractivity contribution is 0.199. The van der Waals surface area contributed by atoms with Crippen molar-refractivity contribution in [3.63, 3.8) is 0 Å². The molecule has 1 aromatic rings. The predicted octanol–water partition coefficient (Wildman–Crippen LogP) is 4.69. The van der Waals surface area contributed by atoms with Gasteiger partial charge in [0, 0.05) is 28.8 Å². The van der Waals surface area contributed by atoms with Gasteiger partial charge < -0.3 is 10.0 Å². The van der Waals surface area contributed by atoms with Gasteiger partial charge >= 0.3 is 0 Å². The summed E-state index contributed by atoms with van der Waals surface area (Å²) in [5, 5.41) is 9.95. The Hall–Kier alpha value is -0.800. The molecular weight excluding hydrogens is 314 g/mol. The summed E-state index contributed by atoms with van der Waals surface area (Å²) in [4.78, 5) is 2.35. The van der Waals surface area contributed by atoms with Crippen molar-refractivity contribution in [3.05, 3.63) is 39.9 Å². The fourth-order valence-electron chi connectivity index (χ4n) is 2.71. The average molecular weight is 338 g/mol. The quantitative estimate of drug-likeness (QED) is 0.791. The summed E-state index contributed by atoms with van der Waals surface area (Å²) in [5.74, 6) is 0. The molecule has 0 bridgehead atoms. The van der Waals surface area contributed by atoms with E-state index in [-0.39, 0.29) is 5.41 Å². The van der Waals surface area contributed by atoms with E-state index < -0.39 is 6.10 Å². The molecule has 1 aliphatic heterocycles. The minimum atomic E-state index is -0.439. The van der Waals surface area contributed by atoms with Crippen LogP contribution in [-0.2, 0) is 0 Å². The molecule has 1 aromatic carbocycles. The Morgan fingerprint density at radius 3 is 2.50 bits per heavy atom. The van der Waals surface area contributed by atoms with Gasteiger partial charge in [-0.25, -0.2) is 0 Å². The molecule has 0 amide bonds. The van der Waals surface area contributed by atoms with Gasteiger partial charge in [-0.1, -0.05) is 54.4 Å². The second-order valence-corrected chi connectivity index (χ2v) is 7.47. The van der Waals surface area contributed by atoms with Crippen LogP contribution in [0, 0.1) is 5.41 Å². The maximum Gasteiger partial charge on any atom is 0.0782 e. The molecule has 0 aliphatic carbocycles. The van der Waals surface area contributed by atoms with E-state index in [2.05, 4.69) is 53.7 Å². The third kappa shape index (κ3) is 3.44. The fraction of sp³-hybridized carbons (Fsp3) is 0.529. The van der Waals surface area contributed by atoms with Gasteiger partial charge in [-0.2, -0.15) is 0 Å². The molecule has 2 nitrogen and oxygen atoms in total. The van der Waals surface area contributed by atoms with Gasteiger partial charge in [-0.05, 0) is 30.9 Å². The van der Waals surface area contributed by atoms with Gasteiger partial charge in [-0.3, -0.25) is 0 Å². The maximum absolute atomic E-state index is 9.95. The molecule has 0 fully saturated rings. The number of anilines is 1. The molecular formula is C17H24BrNO. The van der Waals surface area contributed by atoms with E-state index in [1.165, 1.54) is 5.57 Å². The van der Waals surface area contributed by atoms with Crippen molar-refractivity contribution in [3.8, 4) is 0 Å². The summed E-state index contributed by atoms with van der Waals surface area (Å²) >= 11 is 3.53. The molecule has 0 saturated heterocycles. The fourth-order valence-corrected chi connectivity index (χ4v) is 3.06. The van der Waals surface area contributed by atoms with Gasteiger partial charge in [0.15, 0.2) is 0 Å². The molecule has 0 saturated carbocycles. The highest BCUT2D eigenvalue weighted by atomic mass is 79.9. The number of aliphatic hydroxyl groups is 1. The van der Waals surface area contributed by atoms with Crippen LogP contribution in [0.15, 0.2) is 34.3 Å². The van der Waals surface area contributed by atoms with E-state index >= 15 is 0 Å². The third-order valence-corrected chi connectivity index (χ3v) is 4.45. The zero-order valence-electron chi connectivity index (χ0n) is 12.8. The van der Waals surface area contributed by atoms with Gasteiger partial charge in [-0.15, -0.1) is 0 Å². The van der Waals surface area contributed by atoms with Crippen LogP contribution in [0.1, 0.15) is 45.8 Å². The lowest BCUT2D eigenvalue weighted by Gasteiger charge is -2.34. The highest BCUT2D eigenvalue weighted by molar-refractivity contribution is 9.10. The zero-order valence-corrected chi connectivity index (χ0v) is 14.4.